The van der Waals surface area contributed by atoms with Crippen LogP contribution in [0.15, 0.2) is 63.6 Å². The van der Waals surface area contributed by atoms with Crippen molar-refractivity contribution >= 4 is 58.7 Å². The van der Waals surface area contributed by atoms with Crippen molar-refractivity contribution in [1.29, 1.82) is 0 Å². The molecule has 0 radical (unpaired) electrons. The van der Waals surface area contributed by atoms with Crippen molar-refractivity contribution in [2.24, 2.45) is 35.5 Å². The number of amides is 1. The fourth-order valence-electron chi connectivity index (χ4n) is 8.07. The molecular weight excluding hydrogens is 793 g/mol. The highest BCUT2D eigenvalue weighted by Crippen LogP contribution is 2.49. The van der Waals surface area contributed by atoms with E-state index in [0.717, 1.165) is 0 Å². The van der Waals surface area contributed by atoms with Crippen molar-refractivity contribution in [3.8, 4) is 17.2 Å². The van der Waals surface area contributed by atoms with Crippen molar-refractivity contribution in [2.45, 2.75) is 119 Å². The molecule has 4 aromatic rings. The molecule has 9 atom stereocenters. The van der Waals surface area contributed by atoms with Crippen LogP contribution < -0.4 is 19.9 Å². The lowest BCUT2D eigenvalue weighted by molar-refractivity contribution is -0.112. The summed E-state index contributed by atoms with van der Waals surface area (Å²) < 4.78 is 25.7. The van der Waals surface area contributed by atoms with Crippen LogP contribution in [0.5, 0.6) is 17.2 Å². The zero-order valence-electron chi connectivity index (χ0n) is 37.9. The number of fused-ring (bicyclic) bond motifs is 14. The highest BCUT2D eigenvalue weighted by molar-refractivity contribution is 6.74. The third-order valence-electron chi connectivity index (χ3n) is 14.0. The minimum Gasteiger partial charge on any atom is -0.542 e. The van der Waals surface area contributed by atoms with Gasteiger partial charge in [0.05, 0.1) is 29.4 Å². The number of ether oxygens (including phenoxy) is 2. The molecular formula is C48H62N2O10Si. The summed E-state index contributed by atoms with van der Waals surface area (Å²) >= 11 is 0. The summed E-state index contributed by atoms with van der Waals surface area (Å²) in [5.41, 5.74) is -0.0702. The molecule has 4 N–H and O–H groups in total. The van der Waals surface area contributed by atoms with Crippen molar-refractivity contribution in [3.05, 3.63) is 75.7 Å². The number of aromatic nitrogens is 1. The second kappa shape index (κ2) is 16.4. The van der Waals surface area contributed by atoms with Gasteiger partial charge >= 0.3 is 5.79 Å². The predicted octanol–water partition coefficient (Wildman–Crippen LogP) is 9.71. The number of benzene rings is 3. The molecule has 5 bridgehead atoms. The Kier molecular flexibility index (Phi) is 12.2. The molecule has 0 fully saturated rings. The molecule has 0 saturated carbocycles. The van der Waals surface area contributed by atoms with Gasteiger partial charge in [-0.1, -0.05) is 86.6 Å². The lowest BCUT2D eigenvalue weighted by atomic mass is 9.72. The Hall–Kier alpha value is -4.98. The number of nitrogens with one attached hydrogen (secondary N) is 1. The fraction of sp³-hybridized carbons (Fsp3) is 0.500. The lowest BCUT2D eigenvalue weighted by Gasteiger charge is -2.36. The average molecular weight is 855 g/mol. The number of carbonyl (C=O) groups excluding carboxylic acids is 2. The van der Waals surface area contributed by atoms with E-state index in [1.165, 1.54) is 20.1 Å². The van der Waals surface area contributed by atoms with Crippen LogP contribution >= 0.6 is 0 Å². The van der Waals surface area contributed by atoms with Crippen LogP contribution in [0.2, 0.25) is 18.1 Å². The highest BCUT2D eigenvalue weighted by atomic mass is 28.4. The molecule has 1 amide bonds. The molecule has 7 rings (SSSR count). The molecule has 4 heterocycles. The first-order valence-corrected chi connectivity index (χ1v) is 24.1. The number of nitrogens with zero attached hydrogens (tertiary/aromatic N) is 1. The maximum Gasteiger partial charge on any atom is 0.312 e. The van der Waals surface area contributed by atoms with Gasteiger partial charge in [0.2, 0.25) is 0 Å². The first-order valence-electron chi connectivity index (χ1n) is 21.2. The molecule has 328 valence electrons. The van der Waals surface area contributed by atoms with Crippen molar-refractivity contribution in [1.82, 2.24) is 4.98 Å². The number of phenols is 1. The number of Topliss-reactive ketones (excluding diaryl/α,β-unsaturated/α-hetero) is 1. The van der Waals surface area contributed by atoms with Crippen LogP contribution in [0.25, 0.3) is 33.0 Å². The van der Waals surface area contributed by atoms with Crippen LogP contribution in [0.4, 0.5) is 5.69 Å². The third kappa shape index (κ3) is 8.00. The molecule has 0 saturated heterocycles. The number of hydrogen-bond acceptors (Lipinski definition) is 11. The number of carbonyl (C=O) groups is 2. The van der Waals surface area contributed by atoms with Gasteiger partial charge in [0.25, 0.3) is 20.0 Å². The predicted molar refractivity (Wildman–Crippen MR) is 242 cm³/mol. The molecule has 0 aliphatic carbocycles. The zero-order valence-corrected chi connectivity index (χ0v) is 38.9. The van der Waals surface area contributed by atoms with Gasteiger partial charge in [0.15, 0.2) is 22.3 Å². The maximum atomic E-state index is 14.8. The first kappa shape index (κ1) is 45.5. The van der Waals surface area contributed by atoms with E-state index in [-0.39, 0.29) is 90.2 Å². The summed E-state index contributed by atoms with van der Waals surface area (Å²) in [4.78, 5) is 48.2. The monoisotopic (exact) mass is 854 g/mol. The second-order valence-electron chi connectivity index (χ2n) is 19.1. The summed E-state index contributed by atoms with van der Waals surface area (Å²) in [5, 5.41) is 37.2. The van der Waals surface area contributed by atoms with E-state index in [4.69, 9.17) is 23.3 Å². The Labute approximate surface area is 358 Å². The lowest BCUT2D eigenvalue weighted by Crippen LogP contribution is -2.43. The quantitative estimate of drug-likeness (QED) is 0.0653. The number of aromatic hydroxyl groups is 1. The number of aliphatic hydroxyl groups is 2. The van der Waals surface area contributed by atoms with E-state index in [2.05, 4.69) is 53.0 Å². The Balaban J connectivity index is 1.63. The topological polar surface area (TPSA) is 178 Å². The molecule has 0 spiro atoms. The smallest absolute Gasteiger partial charge is 0.312 e. The highest BCUT2D eigenvalue weighted by Gasteiger charge is 2.49. The third-order valence-corrected chi connectivity index (χ3v) is 18.3. The van der Waals surface area contributed by atoms with Crippen LogP contribution in [0.3, 0.4) is 0 Å². The van der Waals surface area contributed by atoms with E-state index in [0.29, 0.717) is 11.3 Å². The summed E-state index contributed by atoms with van der Waals surface area (Å²) in [6, 6.07) is 5.23. The Morgan fingerprint density at radius 2 is 1.54 bits per heavy atom. The van der Waals surface area contributed by atoms with Gasteiger partial charge in [0, 0.05) is 35.3 Å². The summed E-state index contributed by atoms with van der Waals surface area (Å²) in [6.45, 7) is 27.0. The number of allylic oxidation sites excluding steroid dienone is 3. The van der Waals surface area contributed by atoms with Crippen LogP contribution in [0.1, 0.15) is 92.1 Å². The number of aliphatic hydroxyl groups excluding tert-OH is 2. The molecule has 61 heavy (non-hydrogen) atoms. The van der Waals surface area contributed by atoms with Crippen molar-refractivity contribution in [2.75, 3.05) is 5.32 Å². The minimum absolute atomic E-state index is 0.0111. The van der Waals surface area contributed by atoms with Gasteiger partial charge in [0.1, 0.15) is 28.2 Å². The Morgan fingerprint density at radius 3 is 2.20 bits per heavy atom. The van der Waals surface area contributed by atoms with E-state index >= 15 is 0 Å². The van der Waals surface area contributed by atoms with Gasteiger partial charge in [-0.15, -0.1) is 0 Å². The van der Waals surface area contributed by atoms with Crippen molar-refractivity contribution in [3.63, 3.8) is 0 Å². The molecule has 3 aliphatic heterocycles. The summed E-state index contributed by atoms with van der Waals surface area (Å²) in [7, 11) is -2.43. The van der Waals surface area contributed by atoms with Gasteiger partial charge in [-0.25, -0.2) is 4.98 Å². The summed E-state index contributed by atoms with van der Waals surface area (Å²) in [5.74, 6) is -4.34. The van der Waals surface area contributed by atoms with E-state index in [9.17, 15) is 29.7 Å². The van der Waals surface area contributed by atoms with Crippen LogP contribution in [0, 0.1) is 42.4 Å². The number of para-hydroxylation sites is 1. The zero-order chi connectivity index (χ0) is 45.3. The van der Waals surface area contributed by atoms with Gasteiger partial charge < -0.3 is 39.0 Å². The van der Waals surface area contributed by atoms with Gasteiger partial charge in [-0.05, 0) is 73.9 Å². The van der Waals surface area contributed by atoms with E-state index in [1.54, 1.807) is 43.4 Å². The molecule has 13 heteroatoms. The normalized spacial score (nSPS) is 30.2. The molecule has 3 aliphatic rings. The number of ketones is 1. The number of hydrogen-bond donors (Lipinski definition) is 4. The first-order chi connectivity index (χ1) is 28.3. The second-order valence-corrected chi connectivity index (χ2v) is 23.9. The SMILES string of the molecule is C/C1=C/C=C/[C@H](C)[C@H](O)[C@@H](C)[C@@H](O)[C@@H](C)[C@H](C)[C@H](C)[C@@H](C)/C=C/O[C@@]2(C)Oc3c(C)c(=O)c4c(O)c(c5oc6cccc(O[Si](C)(C)C(C)(C)C)c6nc5c4c3C2=O)NC1=O. The van der Waals surface area contributed by atoms with E-state index < -0.39 is 55.1 Å². The average Bonchev–Trinajstić information content (AvgIpc) is 3.46. The molecule has 12 nitrogen and oxygen atoms in total. The number of rotatable bonds is 2. The minimum atomic E-state index is -2.43. The van der Waals surface area contributed by atoms with Crippen LogP contribution in [-0.2, 0) is 9.53 Å². The van der Waals surface area contributed by atoms with E-state index in [1.807, 2.05) is 33.8 Å². The van der Waals surface area contributed by atoms with Gasteiger partial charge in [-0.2, -0.15) is 0 Å². The molecule has 0 unspecified atom stereocenters. The molecule has 3 aromatic carbocycles. The summed E-state index contributed by atoms with van der Waals surface area (Å²) in [6.07, 6.45) is 6.58. The van der Waals surface area contributed by atoms with Crippen LogP contribution in [-0.4, -0.2) is 58.3 Å². The number of phenolic OH excluding ortho intramolecular Hbond substituents is 1. The Bertz CT molecular complexity index is 2570. The van der Waals surface area contributed by atoms with Gasteiger partial charge in [-0.3, -0.25) is 14.4 Å². The number of anilines is 1. The fourth-order valence-corrected chi connectivity index (χ4v) is 9.09. The Morgan fingerprint density at radius 1 is 0.869 bits per heavy atom. The largest absolute Gasteiger partial charge is 0.542 e. The standard InChI is InChI=1S/C48H62N2O10Si/c1-23-21-22-57-48(12)45(55)35-33-34(41(53)30(8)43(35)59-48)42(54)38(44-37(33)49-36-31(58-44)19-16-20-32(36)60-61(13,14)47(9,10)11)50-46(56)25(3)18-15-17-24(2)39(51)29(7)40(52)28(6)27(5)26(23)4/h15-24,26-29,39-40,51-52,54H,1-14H3,(H,50,56)/b17-15+,22-21+,25-18-/t23-,24-,26+,27+,28-,29+,39-,40-,48-/m0/s1. The maximum absolute atomic E-state index is 14.8. The molecule has 1 aromatic heterocycles. The van der Waals surface area contributed by atoms with Crippen molar-refractivity contribution < 1.29 is 43.2 Å².